The number of rotatable bonds is 7. The lowest BCUT2D eigenvalue weighted by atomic mass is 9.98. The molecule has 174 valence electrons. The van der Waals surface area contributed by atoms with Crippen molar-refractivity contribution in [2.75, 3.05) is 11.9 Å². The highest BCUT2D eigenvalue weighted by molar-refractivity contribution is 6.00. The zero-order chi connectivity index (χ0) is 24.3. The molecule has 0 fully saturated rings. The largest absolute Gasteiger partial charge is 0.478 e. The summed E-state index contributed by atoms with van der Waals surface area (Å²) in [6.45, 7) is 3.59. The van der Waals surface area contributed by atoms with Gasteiger partial charge < -0.3 is 20.5 Å². The van der Waals surface area contributed by atoms with E-state index in [1.54, 1.807) is 26.0 Å². The van der Waals surface area contributed by atoms with E-state index < -0.39 is 23.5 Å². The van der Waals surface area contributed by atoms with E-state index in [4.69, 9.17) is 4.74 Å². The fourth-order valence-electron chi connectivity index (χ4n) is 4.33. The fourth-order valence-corrected chi connectivity index (χ4v) is 4.33. The summed E-state index contributed by atoms with van der Waals surface area (Å²) in [4.78, 5) is 36.5. The molecule has 0 aromatic heterocycles. The Morgan fingerprint density at radius 1 is 0.882 bits per heavy atom. The maximum absolute atomic E-state index is 12.6. The van der Waals surface area contributed by atoms with Gasteiger partial charge in [-0.2, -0.15) is 0 Å². The molecule has 2 amide bonds. The van der Waals surface area contributed by atoms with Crippen molar-refractivity contribution in [2.45, 2.75) is 31.7 Å². The summed E-state index contributed by atoms with van der Waals surface area (Å²) in [7, 11) is 0. The van der Waals surface area contributed by atoms with Gasteiger partial charge in [-0.3, -0.25) is 4.79 Å². The van der Waals surface area contributed by atoms with Gasteiger partial charge in [0.15, 0.2) is 0 Å². The third kappa shape index (κ3) is 4.93. The molecular weight excluding hydrogens is 432 g/mol. The zero-order valence-corrected chi connectivity index (χ0v) is 19.0. The maximum atomic E-state index is 12.6. The van der Waals surface area contributed by atoms with Crippen LogP contribution in [0.3, 0.4) is 0 Å². The first-order chi connectivity index (χ1) is 16.2. The molecular formula is C27H26N2O5. The lowest BCUT2D eigenvalue weighted by Crippen LogP contribution is -2.46. The SMILES string of the molecule is CC(C)(CC(=O)Nc1ccccc1C(=O)O)NC(=O)OCC1c2ccccc2-c2ccccc21. The number of carboxylic acid groups (broad SMARTS) is 1. The fraction of sp³-hybridized carbons (Fsp3) is 0.222. The topological polar surface area (TPSA) is 105 Å². The van der Waals surface area contributed by atoms with E-state index in [1.165, 1.54) is 12.1 Å². The summed E-state index contributed by atoms with van der Waals surface area (Å²) in [5, 5.41) is 14.6. The highest BCUT2D eigenvalue weighted by Crippen LogP contribution is 2.44. The summed E-state index contributed by atoms with van der Waals surface area (Å²) >= 11 is 0. The number of hydrogen-bond donors (Lipinski definition) is 3. The van der Waals surface area contributed by atoms with E-state index in [0.717, 1.165) is 22.3 Å². The van der Waals surface area contributed by atoms with Crippen LogP contribution in [0.2, 0.25) is 0 Å². The van der Waals surface area contributed by atoms with Crippen LogP contribution in [-0.4, -0.2) is 35.2 Å². The molecule has 7 nitrogen and oxygen atoms in total. The van der Waals surface area contributed by atoms with E-state index in [9.17, 15) is 19.5 Å². The molecule has 3 aromatic carbocycles. The quantitative estimate of drug-likeness (QED) is 0.461. The molecule has 0 unspecified atom stereocenters. The standard InChI is InChI=1S/C27H26N2O5/c1-27(2,15-24(30)28-23-14-8-7-13-21(23)25(31)32)29-26(33)34-16-22-19-11-5-3-9-17(19)18-10-4-6-12-20(18)22/h3-14,22H,15-16H2,1-2H3,(H,28,30)(H,29,33)(H,31,32). The first-order valence-corrected chi connectivity index (χ1v) is 11.0. The molecule has 0 saturated heterocycles. The number of carboxylic acids is 1. The number of alkyl carbamates (subject to hydrolysis) is 1. The van der Waals surface area contributed by atoms with Crippen molar-refractivity contribution in [3.05, 3.63) is 89.5 Å². The van der Waals surface area contributed by atoms with Gasteiger partial charge in [-0.15, -0.1) is 0 Å². The lowest BCUT2D eigenvalue weighted by Gasteiger charge is -2.26. The van der Waals surface area contributed by atoms with E-state index in [0.29, 0.717) is 0 Å². The molecule has 0 atom stereocenters. The van der Waals surface area contributed by atoms with Crippen molar-refractivity contribution in [1.29, 1.82) is 0 Å². The van der Waals surface area contributed by atoms with E-state index in [1.807, 2.05) is 36.4 Å². The molecule has 1 aliphatic rings. The summed E-state index contributed by atoms with van der Waals surface area (Å²) < 4.78 is 5.57. The summed E-state index contributed by atoms with van der Waals surface area (Å²) in [5.41, 5.74) is 3.82. The third-order valence-electron chi connectivity index (χ3n) is 5.82. The highest BCUT2D eigenvalue weighted by Gasteiger charge is 2.30. The molecule has 4 rings (SSSR count). The minimum absolute atomic E-state index is 0.00171. The zero-order valence-electron chi connectivity index (χ0n) is 19.0. The second-order valence-corrected chi connectivity index (χ2v) is 8.91. The predicted octanol–water partition coefficient (Wildman–Crippen LogP) is 5.03. The van der Waals surface area contributed by atoms with Gasteiger partial charge in [0.25, 0.3) is 0 Å². The second-order valence-electron chi connectivity index (χ2n) is 8.91. The third-order valence-corrected chi connectivity index (χ3v) is 5.82. The molecule has 7 heteroatoms. The van der Waals surface area contributed by atoms with E-state index in [2.05, 4.69) is 22.8 Å². The van der Waals surface area contributed by atoms with E-state index in [-0.39, 0.29) is 30.2 Å². The van der Waals surface area contributed by atoms with Gasteiger partial charge in [0.1, 0.15) is 6.61 Å². The van der Waals surface area contributed by atoms with Gasteiger partial charge in [0, 0.05) is 17.9 Å². The predicted molar refractivity (Wildman–Crippen MR) is 129 cm³/mol. The monoisotopic (exact) mass is 458 g/mol. The highest BCUT2D eigenvalue weighted by atomic mass is 16.5. The van der Waals surface area contributed by atoms with Crippen molar-refractivity contribution in [3.8, 4) is 11.1 Å². The van der Waals surface area contributed by atoms with Crippen LogP contribution < -0.4 is 10.6 Å². The molecule has 0 spiro atoms. The van der Waals surface area contributed by atoms with Crippen LogP contribution in [0.5, 0.6) is 0 Å². The normalized spacial score (nSPS) is 12.4. The first kappa shape index (κ1) is 23.0. The number of carbonyl (C=O) groups excluding carboxylic acids is 2. The molecule has 0 radical (unpaired) electrons. The summed E-state index contributed by atoms with van der Waals surface area (Å²) in [6.07, 6.45) is -0.684. The van der Waals surface area contributed by atoms with Crippen LogP contribution in [0.4, 0.5) is 10.5 Å². The van der Waals surface area contributed by atoms with Gasteiger partial charge >= 0.3 is 12.1 Å². The molecule has 0 saturated carbocycles. The molecule has 0 bridgehead atoms. The smallest absolute Gasteiger partial charge is 0.407 e. The maximum Gasteiger partial charge on any atom is 0.407 e. The van der Waals surface area contributed by atoms with Crippen LogP contribution in [0, 0.1) is 0 Å². The van der Waals surface area contributed by atoms with Crippen LogP contribution in [0.1, 0.15) is 47.7 Å². The summed E-state index contributed by atoms with van der Waals surface area (Å²) in [5.74, 6) is -1.61. The number of anilines is 1. The Morgan fingerprint density at radius 2 is 1.44 bits per heavy atom. The number of benzene rings is 3. The Labute approximate surface area is 197 Å². The number of fused-ring (bicyclic) bond motifs is 3. The number of carbonyl (C=O) groups is 3. The van der Waals surface area contributed by atoms with Crippen LogP contribution >= 0.6 is 0 Å². The second kappa shape index (κ2) is 9.39. The van der Waals surface area contributed by atoms with Gasteiger partial charge in [0.05, 0.1) is 11.3 Å². The number of amides is 2. The van der Waals surface area contributed by atoms with Crippen molar-refractivity contribution in [3.63, 3.8) is 0 Å². The number of para-hydroxylation sites is 1. The van der Waals surface area contributed by atoms with Crippen LogP contribution in [-0.2, 0) is 9.53 Å². The number of hydrogen-bond acceptors (Lipinski definition) is 4. The van der Waals surface area contributed by atoms with Crippen LogP contribution in [0.25, 0.3) is 11.1 Å². The number of aromatic carboxylic acids is 1. The summed E-state index contributed by atoms with van der Waals surface area (Å²) in [6, 6.07) is 22.3. The van der Waals surface area contributed by atoms with E-state index >= 15 is 0 Å². The Morgan fingerprint density at radius 3 is 2.06 bits per heavy atom. The number of ether oxygens (including phenoxy) is 1. The minimum atomic E-state index is -1.13. The average molecular weight is 459 g/mol. The molecule has 0 heterocycles. The van der Waals surface area contributed by atoms with Gasteiger partial charge in [0.2, 0.25) is 5.91 Å². The molecule has 34 heavy (non-hydrogen) atoms. The Balaban J connectivity index is 1.36. The minimum Gasteiger partial charge on any atom is -0.478 e. The Hall–Kier alpha value is -4.13. The average Bonchev–Trinajstić information content (AvgIpc) is 3.11. The molecule has 3 aromatic rings. The van der Waals surface area contributed by atoms with Gasteiger partial charge in [-0.25, -0.2) is 9.59 Å². The Kier molecular flexibility index (Phi) is 6.36. The molecule has 1 aliphatic carbocycles. The Bertz CT molecular complexity index is 1210. The van der Waals surface area contributed by atoms with Crippen molar-refractivity contribution < 1.29 is 24.2 Å². The van der Waals surface area contributed by atoms with Crippen molar-refractivity contribution in [2.24, 2.45) is 0 Å². The lowest BCUT2D eigenvalue weighted by molar-refractivity contribution is -0.117. The molecule has 0 aliphatic heterocycles. The van der Waals surface area contributed by atoms with Gasteiger partial charge in [-0.1, -0.05) is 60.7 Å². The van der Waals surface area contributed by atoms with Crippen molar-refractivity contribution >= 4 is 23.7 Å². The van der Waals surface area contributed by atoms with Crippen molar-refractivity contribution in [1.82, 2.24) is 5.32 Å². The first-order valence-electron chi connectivity index (χ1n) is 11.0. The number of nitrogens with one attached hydrogen (secondary N) is 2. The van der Waals surface area contributed by atoms with Gasteiger partial charge in [-0.05, 0) is 48.2 Å². The molecule has 3 N–H and O–H groups in total. The van der Waals surface area contributed by atoms with Crippen LogP contribution in [0.15, 0.2) is 72.8 Å².